The summed E-state index contributed by atoms with van der Waals surface area (Å²) in [6, 6.07) is 0. The van der Waals surface area contributed by atoms with E-state index < -0.39 is 0 Å². The van der Waals surface area contributed by atoms with Crippen LogP contribution in [0.4, 0.5) is 5.95 Å². The van der Waals surface area contributed by atoms with Crippen molar-refractivity contribution >= 4 is 5.95 Å². The Labute approximate surface area is 81.6 Å². The van der Waals surface area contributed by atoms with Crippen LogP contribution >= 0.6 is 0 Å². The van der Waals surface area contributed by atoms with Crippen molar-refractivity contribution < 1.29 is 0 Å². The van der Waals surface area contributed by atoms with Gasteiger partial charge in [-0.15, -0.1) is 0 Å². The number of aromatic nitrogens is 5. The summed E-state index contributed by atoms with van der Waals surface area (Å²) in [7, 11) is 3.78. The monoisotopic (exact) mass is 192 g/mol. The highest BCUT2D eigenvalue weighted by Gasteiger charge is 2.01. The number of nitrogens with one attached hydrogen (secondary N) is 1. The third-order valence-electron chi connectivity index (χ3n) is 1.87. The lowest BCUT2D eigenvalue weighted by Crippen LogP contribution is -2.06. The van der Waals surface area contributed by atoms with Crippen molar-refractivity contribution in [1.29, 1.82) is 0 Å². The summed E-state index contributed by atoms with van der Waals surface area (Å²) < 4.78 is 3.58. The second kappa shape index (κ2) is 3.49. The zero-order valence-electron chi connectivity index (χ0n) is 8.18. The minimum atomic E-state index is 0.589. The highest BCUT2D eigenvalue weighted by molar-refractivity contribution is 5.25. The fourth-order valence-electron chi connectivity index (χ4n) is 1.16. The average Bonchev–Trinajstić information content (AvgIpc) is 2.72. The maximum absolute atomic E-state index is 4.15. The predicted octanol–water partition coefficient (Wildman–Crippen LogP) is 0.161. The lowest BCUT2D eigenvalue weighted by Gasteiger charge is -2.02. The van der Waals surface area contributed by atoms with Gasteiger partial charge in [0.1, 0.15) is 6.33 Å². The zero-order chi connectivity index (χ0) is 9.97. The van der Waals surface area contributed by atoms with Gasteiger partial charge >= 0.3 is 0 Å². The zero-order valence-corrected chi connectivity index (χ0v) is 8.18. The van der Waals surface area contributed by atoms with Crippen molar-refractivity contribution in [3.63, 3.8) is 0 Å². The van der Waals surface area contributed by atoms with Crippen molar-refractivity contribution in [3.05, 3.63) is 24.5 Å². The van der Waals surface area contributed by atoms with E-state index in [4.69, 9.17) is 0 Å². The van der Waals surface area contributed by atoms with Crippen LogP contribution in [0.2, 0.25) is 0 Å². The Bertz CT molecular complexity index is 415. The van der Waals surface area contributed by atoms with Crippen molar-refractivity contribution in [1.82, 2.24) is 24.3 Å². The molecule has 6 nitrogen and oxygen atoms in total. The van der Waals surface area contributed by atoms with Gasteiger partial charge in [-0.2, -0.15) is 5.10 Å². The molecule has 2 rings (SSSR count). The molecule has 0 spiro atoms. The molecule has 0 saturated carbocycles. The molecule has 0 aromatic carbocycles. The van der Waals surface area contributed by atoms with E-state index in [1.54, 1.807) is 17.2 Å². The van der Waals surface area contributed by atoms with Crippen LogP contribution in [0, 0.1) is 0 Å². The second-order valence-electron chi connectivity index (χ2n) is 3.05. The molecule has 2 aromatic rings. The summed E-state index contributed by atoms with van der Waals surface area (Å²) in [6.45, 7) is 0.589. The molecule has 0 bridgehead atoms. The first-order valence-electron chi connectivity index (χ1n) is 4.31. The molecule has 0 radical (unpaired) electrons. The average molecular weight is 192 g/mol. The Hall–Kier alpha value is -1.85. The summed E-state index contributed by atoms with van der Waals surface area (Å²) >= 11 is 0. The van der Waals surface area contributed by atoms with Crippen LogP contribution in [0.15, 0.2) is 18.7 Å². The molecule has 74 valence electrons. The van der Waals surface area contributed by atoms with Gasteiger partial charge in [-0.3, -0.25) is 4.68 Å². The van der Waals surface area contributed by atoms with Crippen molar-refractivity contribution in [3.8, 4) is 0 Å². The van der Waals surface area contributed by atoms with E-state index in [1.807, 2.05) is 24.9 Å². The lowest BCUT2D eigenvalue weighted by molar-refractivity contribution is 0.745. The quantitative estimate of drug-likeness (QED) is 0.752. The summed E-state index contributed by atoms with van der Waals surface area (Å²) in [5.41, 5.74) is 0. The Morgan fingerprint density at radius 2 is 2.21 bits per heavy atom. The lowest BCUT2D eigenvalue weighted by atomic mass is 10.6. The third kappa shape index (κ3) is 1.73. The largest absolute Gasteiger partial charge is 0.348 e. The van der Waals surface area contributed by atoms with Gasteiger partial charge in [0.2, 0.25) is 5.95 Å². The molecular weight excluding hydrogens is 180 g/mol. The SMILES string of the molecule is Cn1cnc(CNc2nccn2C)n1. The fraction of sp³-hybridized carbons (Fsp3) is 0.375. The predicted molar refractivity (Wildman–Crippen MR) is 51.5 cm³/mol. The number of hydrogen-bond donors (Lipinski definition) is 1. The molecule has 6 heteroatoms. The number of rotatable bonds is 3. The van der Waals surface area contributed by atoms with E-state index in [0.717, 1.165) is 11.8 Å². The van der Waals surface area contributed by atoms with Gasteiger partial charge in [0.05, 0.1) is 6.54 Å². The number of nitrogens with zero attached hydrogens (tertiary/aromatic N) is 5. The van der Waals surface area contributed by atoms with Crippen LogP contribution in [0.3, 0.4) is 0 Å². The van der Waals surface area contributed by atoms with Crippen molar-refractivity contribution in [2.45, 2.75) is 6.54 Å². The van der Waals surface area contributed by atoms with E-state index in [0.29, 0.717) is 6.54 Å². The Morgan fingerprint density at radius 3 is 2.79 bits per heavy atom. The first-order chi connectivity index (χ1) is 6.75. The number of anilines is 1. The summed E-state index contributed by atoms with van der Waals surface area (Å²) in [4.78, 5) is 8.22. The standard InChI is InChI=1S/C8H12N6/c1-13-4-3-9-8(13)10-5-7-11-6-14(2)12-7/h3-4,6H,5H2,1-2H3,(H,9,10). The van der Waals surface area contributed by atoms with Crippen LogP contribution in [-0.2, 0) is 20.6 Å². The molecule has 0 fully saturated rings. The molecule has 0 atom stereocenters. The van der Waals surface area contributed by atoms with Gasteiger partial charge in [-0.1, -0.05) is 0 Å². The molecule has 1 N–H and O–H groups in total. The molecule has 14 heavy (non-hydrogen) atoms. The molecule has 2 heterocycles. The summed E-state index contributed by atoms with van der Waals surface area (Å²) in [5.74, 6) is 1.58. The maximum atomic E-state index is 4.15. The van der Waals surface area contributed by atoms with Gasteiger partial charge in [0.15, 0.2) is 5.82 Å². The minimum absolute atomic E-state index is 0.589. The van der Waals surface area contributed by atoms with E-state index in [9.17, 15) is 0 Å². The van der Waals surface area contributed by atoms with Gasteiger partial charge in [-0.05, 0) is 0 Å². The molecule has 0 amide bonds. The van der Waals surface area contributed by atoms with Crippen LogP contribution in [-0.4, -0.2) is 24.3 Å². The normalized spacial score (nSPS) is 10.4. The highest BCUT2D eigenvalue weighted by atomic mass is 15.3. The molecule has 0 saturated heterocycles. The molecule has 0 aliphatic carbocycles. The van der Waals surface area contributed by atoms with Crippen LogP contribution in [0.5, 0.6) is 0 Å². The molecule has 0 aliphatic heterocycles. The Balaban J connectivity index is 1.98. The Morgan fingerprint density at radius 1 is 1.36 bits per heavy atom. The van der Waals surface area contributed by atoms with Gasteiger partial charge in [0.25, 0.3) is 0 Å². The van der Waals surface area contributed by atoms with Crippen LogP contribution < -0.4 is 5.32 Å². The summed E-state index contributed by atoms with van der Waals surface area (Å²) in [5, 5.41) is 7.28. The smallest absolute Gasteiger partial charge is 0.202 e. The van der Waals surface area contributed by atoms with Gasteiger partial charge in [0, 0.05) is 26.5 Å². The van der Waals surface area contributed by atoms with Gasteiger partial charge in [-0.25, -0.2) is 9.97 Å². The number of imidazole rings is 1. The van der Waals surface area contributed by atoms with E-state index >= 15 is 0 Å². The topological polar surface area (TPSA) is 60.6 Å². The van der Waals surface area contributed by atoms with Gasteiger partial charge < -0.3 is 9.88 Å². The van der Waals surface area contributed by atoms with Crippen molar-refractivity contribution in [2.75, 3.05) is 5.32 Å². The van der Waals surface area contributed by atoms with Crippen LogP contribution in [0.1, 0.15) is 5.82 Å². The first kappa shape index (κ1) is 8.74. The third-order valence-corrected chi connectivity index (χ3v) is 1.87. The highest BCUT2D eigenvalue weighted by Crippen LogP contribution is 2.01. The number of hydrogen-bond acceptors (Lipinski definition) is 4. The molecule has 0 aliphatic rings. The first-order valence-corrected chi connectivity index (χ1v) is 4.31. The van der Waals surface area contributed by atoms with E-state index in [-0.39, 0.29) is 0 Å². The van der Waals surface area contributed by atoms with Crippen LogP contribution in [0.25, 0.3) is 0 Å². The fourth-order valence-corrected chi connectivity index (χ4v) is 1.16. The minimum Gasteiger partial charge on any atom is -0.348 e. The second-order valence-corrected chi connectivity index (χ2v) is 3.05. The Kier molecular flexibility index (Phi) is 2.18. The molecular formula is C8H12N6. The maximum Gasteiger partial charge on any atom is 0.202 e. The van der Waals surface area contributed by atoms with E-state index in [1.165, 1.54) is 0 Å². The molecule has 0 unspecified atom stereocenters. The van der Waals surface area contributed by atoms with E-state index in [2.05, 4.69) is 20.4 Å². The number of aryl methyl sites for hydroxylation is 2. The van der Waals surface area contributed by atoms with Crippen molar-refractivity contribution in [2.24, 2.45) is 14.1 Å². The molecule has 2 aromatic heterocycles. The summed E-state index contributed by atoms with van der Waals surface area (Å²) in [6.07, 6.45) is 5.30.